The van der Waals surface area contributed by atoms with Crippen molar-refractivity contribution in [3.63, 3.8) is 0 Å². The molecule has 1 aromatic carbocycles. The molecule has 1 saturated heterocycles. The van der Waals surface area contributed by atoms with Crippen LogP contribution in [0.2, 0.25) is 0 Å². The molecule has 0 spiro atoms. The Labute approximate surface area is 193 Å². The van der Waals surface area contributed by atoms with Gasteiger partial charge in [0.2, 0.25) is 0 Å². The number of piperidine rings is 1. The Kier molecular flexibility index (Phi) is 11.0. The van der Waals surface area contributed by atoms with Crippen molar-refractivity contribution in [3.8, 4) is 0 Å². The van der Waals surface area contributed by atoms with Crippen molar-refractivity contribution in [1.29, 1.82) is 0 Å². The molecule has 0 aromatic heterocycles. The predicted octanol–water partition coefficient (Wildman–Crippen LogP) is 3.33. The third-order valence-corrected chi connectivity index (χ3v) is 5.27. The Hall–Kier alpha value is -1.35. The molecule has 6 nitrogen and oxygen atoms in total. The number of guanidine groups is 1. The number of carbonyl (C=O) groups excluding carboxylic acids is 1. The third kappa shape index (κ3) is 8.12. The zero-order chi connectivity index (χ0) is 20.6. The third-order valence-electron chi connectivity index (χ3n) is 5.27. The van der Waals surface area contributed by atoms with Crippen LogP contribution in [0.1, 0.15) is 56.0 Å². The second kappa shape index (κ2) is 12.4. The minimum absolute atomic E-state index is 0. The monoisotopic (exact) mass is 515 g/mol. The fraction of sp³-hybridized carbons (Fsp3) is 0.636. The molecule has 2 rings (SSSR count). The Morgan fingerprint density at radius 3 is 2.28 bits per heavy atom. The Morgan fingerprint density at radius 2 is 1.72 bits per heavy atom. The van der Waals surface area contributed by atoms with Crippen molar-refractivity contribution in [3.05, 3.63) is 35.4 Å². The number of likely N-dealkylation sites (tertiary alicyclic amines) is 1. The number of rotatable bonds is 7. The lowest BCUT2D eigenvalue weighted by Crippen LogP contribution is -2.54. The van der Waals surface area contributed by atoms with E-state index in [1.807, 2.05) is 24.3 Å². The van der Waals surface area contributed by atoms with Crippen LogP contribution in [0.5, 0.6) is 0 Å². The Bertz CT molecular complexity index is 652. The van der Waals surface area contributed by atoms with E-state index in [0.717, 1.165) is 24.6 Å². The van der Waals surface area contributed by atoms with Crippen LogP contribution in [0, 0.1) is 0 Å². The van der Waals surface area contributed by atoms with Crippen molar-refractivity contribution in [2.45, 2.75) is 52.1 Å². The summed E-state index contributed by atoms with van der Waals surface area (Å²) >= 11 is 0. The van der Waals surface area contributed by atoms with E-state index in [2.05, 4.69) is 36.3 Å². The van der Waals surface area contributed by atoms with Crippen molar-refractivity contribution in [1.82, 2.24) is 20.4 Å². The molecular weight excluding hydrogens is 477 g/mol. The van der Waals surface area contributed by atoms with E-state index in [0.29, 0.717) is 12.1 Å². The molecule has 1 aromatic rings. The van der Waals surface area contributed by atoms with E-state index in [1.165, 1.54) is 32.4 Å². The van der Waals surface area contributed by atoms with Gasteiger partial charge >= 0.3 is 0 Å². The van der Waals surface area contributed by atoms with Gasteiger partial charge in [-0.2, -0.15) is 0 Å². The van der Waals surface area contributed by atoms with Gasteiger partial charge in [0.25, 0.3) is 5.91 Å². The smallest absolute Gasteiger partial charge is 0.253 e. The van der Waals surface area contributed by atoms with Gasteiger partial charge in [0.05, 0.1) is 6.54 Å². The molecule has 1 aliphatic rings. The van der Waals surface area contributed by atoms with Gasteiger partial charge in [-0.15, -0.1) is 24.0 Å². The van der Waals surface area contributed by atoms with Gasteiger partial charge in [-0.25, -0.2) is 4.99 Å². The van der Waals surface area contributed by atoms with Crippen molar-refractivity contribution >= 4 is 35.8 Å². The van der Waals surface area contributed by atoms with E-state index in [4.69, 9.17) is 4.99 Å². The van der Waals surface area contributed by atoms with E-state index in [-0.39, 0.29) is 35.4 Å². The number of halogens is 1. The van der Waals surface area contributed by atoms with E-state index < -0.39 is 0 Å². The number of nitrogens with one attached hydrogen (secondary N) is 2. The quantitative estimate of drug-likeness (QED) is 0.333. The molecule has 7 heteroatoms. The maximum atomic E-state index is 12.0. The minimum atomic E-state index is 0. The molecule has 0 atom stereocenters. The highest BCUT2D eigenvalue weighted by Gasteiger charge is 2.27. The highest BCUT2D eigenvalue weighted by Crippen LogP contribution is 2.19. The number of hydrogen-bond donors (Lipinski definition) is 2. The molecule has 0 unspecified atom stereocenters. The molecular formula is C22H38IN5O. The van der Waals surface area contributed by atoms with E-state index in [9.17, 15) is 4.79 Å². The van der Waals surface area contributed by atoms with Crippen molar-refractivity contribution < 1.29 is 4.79 Å². The Balaban J connectivity index is 0.00000420. The first-order valence-corrected chi connectivity index (χ1v) is 10.4. The second-order valence-corrected chi connectivity index (χ2v) is 8.31. The van der Waals surface area contributed by atoms with Crippen molar-refractivity contribution in [2.75, 3.05) is 40.3 Å². The van der Waals surface area contributed by atoms with Crippen molar-refractivity contribution in [2.24, 2.45) is 4.99 Å². The lowest BCUT2D eigenvalue weighted by molar-refractivity contribution is 0.0827. The average molecular weight is 515 g/mol. The SMILES string of the molecule is CCNC(=NCc1ccc(C(=O)N(C)C)cc1)NCC(C)(C)N1CCCCC1.I. The summed E-state index contributed by atoms with van der Waals surface area (Å²) in [5.74, 6) is 0.853. The van der Waals surface area contributed by atoms with Gasteiger partial charge in [-0.1, -0.05) is 18.6 Å². The average Bonchev–Trinajstić information content (AvgIpc) is 2.70. The topological polar surface area (TPSA) is 60.0 Å². The zero-order valence-electron chi connectivity index (χ0n) is 18.6. The fourth-order valence-corrected chi connectivity index (χ4v) is 3.43. The molecule has 29 heavy (non-hydrogen) atoms. The minimum Gasteiger partial charge on any atom is -0.357 e. The number of nitrogens with zero attached hydrogens (tertiary/aromatic N) is 3. The largest absolute Gasteiger partial charge is 0.357 e. The van der Waals surface area contributed by atoms with E-state index in [1.54, 1.807) is 19.0 Å². The standard InChI is InChI=1S/C22H37N5O.HI/c1-6-23-21(25-17-22(2,3)27-14-8-7-9-15-27)24-16-18-10-12-19(13-11-18)20(28)26(4)5;/h10-13H,6-9,14-17H2,1-5H3,(H2,23,24,25);1H. The molecule has 0 bridgehead atoms. The van der Waals surface area contributed by atoms with Crippen LogP contribution in [0.15, 0.2) is 29.3 Å². The van der Waals surface area contributed by atoms with Crippen LogP contribution >= 0.6 is 24.0 Å². The number of hydrogen-bond acceptors (Lipinski definition) is 3. The summed E-state index contributed by atoms with van der Waals surface area (Å²) in [5, 5.41) is 6.84. The normalized spacial score (nSPS) is 15.4. The van der Waals surface area contributed by atoms with Crippen LogP contribution in [-0.4, -0.2) is 67.5 Å². The summed E-state index contributed by atoms with van der Waals surface area (Å²) in [7, 11) is 3.53. The molecule has 164 valence electrons. The molecule has 1 fully saturated rings. The van der Waals surface area contributed by atoms with Gasteiger partial charge in [0.1, 0.15) is 0 Å². The number of aliphatic imine (C=N–C) groups is 1. The molecule has 0 saturated carbocycles. The highest BCUT2D eigenvalue weighted by atomic mass is 127. The summed E-state index contributed by atoms with van der Waals surface area (Å²) in [5.41, 5.74) is 1.89. The lowest BCUT2D eigenvalue weighted by Gasteiger charge is -2.41. The van der Waals surface area contributed by atoms with Crippen LogP contribution < -0.4 is 10.6 Å². The van der Waals surface area contributed by atoms with Gasteiger partial charge in [-0.3, -0.25) is 9.69 Å². The van der Waals surface area contributed by atoms with E-state index >= 15 is 0 Å². The Morgan fingerprint density at radius 1 is 1.10 bits per heavy atom. The fourth-order valence-electron chi connectivity index (χ4n) is 3.43. The summed E-state index contributed by atoms with van der Waals surface area (Å²) in [6.07, 6.45) is 3.94. The number of benzene rings is 1. The molecule has 2 N–H and O–H groups in total. The number of amides is 1. The second-order valence-electron chi connectivity index (χ2n) is 8.31. The number of carbonyl (C=O) groups is 1. The molecule has 0 radical (unpaired) electrons. The van der Waals surface area contributed by atoms with Crippen LogP contribution in [0.25, 0.3) is 0 Å². The molecule has 1 aliphatic heterocycles. The summed E-state index contributed by atoms with van der Waals surface area (Å²) < 4.78 is 0. The van der Waals surface area contributed by atoms with Gasteiger partial charge in [-0.05, 0) is 64.4 Å². The first-order valence-electron chi connectivity index (χ1n) is 10.4. The van der Waals surface area contributed by atoms with Gasteiger partial charge in [0.15, 0.2) is 5.96 Å². The zero-order valence-corrected chi connectivity index (χ0v) is 21.0. The maximum Gasteiger partial charge on any atom is 0.253 e. The van der Waals surface area contributed by atoms with Gasteiger partial charge < -0.3 is 15.5 Å². The summed E-state index contributed by atoms with van der Waals surface area (Å²) in [4.78, 5) is 20.9. The van der Waals surface area contributed by atoms with Crippen LogP contribution in [0.4, 0.5) is 0 Å². The van der Waals surface area contributed by atoms with Crippen LogP contribution in [-0.2, 0) is 6.54 Å². The first-order chi connectivity index (χ1) is 13.3. The lowest BCUT2D eigenvalue weighted by atomic mass is 9.98. The molecule has 1 heterocycles. The molecule has 0 aliphatic carbocycles. The maximum absolute atomic E-state index is 12.0. The predicted molar refractivity (Wildman–Crippen MR) is 132 cm³/mol. The first kappa shape index (κ1) is 25.7. The van der Waals surface area contributed by atoms with Gasteiger partial charge in [0, 0.05) is 38.3 Å². The highest BCUT2D eigenvalue weighted by molar-refractivity contribution is 14.0. The molecule has 1 amide bonds. The van der Waals surface area contributed by atoms with Crippen LogP contribution in [0.3, 0.4) is 0 Å². The summed E-state index contributed by atoms with van der Waals surface area (Å²) in [6.45, 7) is 11.3. The summed E-state index contributed by atoms with van der Waals surface area (Å²) in [6, 6.07) is 7.68.